The van der Waals surface area contributed by atoms with Crippen LogP contribution in [0.3, 0.4) is 0 Å². The minimum Gasteiger partial charge on any atom is -0.296 e. The first kappa shape index (κ1) is 7.14. The van der Waals surface area contributed by atoms with Crippen LogP contribution in [0.1, 0.15) is 11.6 Å². The van der Waals surface area contributed by atoms with E-state index in [-0.39, 0.29) is 0 Å². The lowest BCUT2D eigenvalue weighted by Crippen LogP contribution is -1.86. The van der Waals surface area contributed by atoms with E-state index in [0.717, 1.165) is 5.02 Å². The van der Waals surface area contributed by atoms with Gasteiger partial charge >= 0.3 is 0 Å². The van der Waals surface area contributed by atoms with E-state index in [1.165, 1.54) is 12.1 Å². The highest BCUT2D eigenvalue weighted by atomic mass is 35.5. The molecule has 0 N–H and O–H groups in total. The van der Waals surface area contributed by atoms with Gasteiger partial charge in [-0.1, -0.05) is 23.7 Å². The van der Waals surface area contributed by atoms with Crippen LogP contribution in [0.25, 0.3) is 0 Å². The van der Waals surface area contributed by atoms with Crippen molar-refractivity contribution in [2.24, 2.45) is 0 Å². The summed E-state index contributed by atoms with van der Waals surface area (Å²) in [6, 6.07) is 8.73. The molecule has 1 aliphatic heterocycles. The van der Waals surface area contributed by atoms with Gasteiger partial charge < -0.3 is 0 Å². The standard InChI is InChI=1S/C9H10ClN/c1-11-6-9(11)7-2-4-8(10)5-3-7/h2-5,9H,6H2,1H3. The van der Waals surface area contributed by atoms with E-state index < -0.39 is 0 Å². The molecule has 0 bridgehead atoms. The fourth-order valence-corrected chi connectivity index (χ4v) is 1.40. The third kappa shape index (κ3) is 1.39. The highest BCUT2D eigenvalue weighted by Crippen LogP contribution is 2.32. The zero-order chi connectivity index (χ0) is 7.84. The van der Waals surface area contributed by atoms with Gasteiger partial charge in [-0.15, -0.1) is 0 Å². The van der Waals surface area contributed by atoms with Gasteiger partial charge in [-0.2, -0.15) is 0 Å². The van der Waals surface area contributed by atoms with Crippen molar-refractivity contribution in [2.45, 2.75) is 6.04 Å². The Hall–Kier alpha value is -0.530. The van der Waals surface area contributed by atoms with Crippen molar-refractivity contribution in [1.82, 2.24) is 4.90 Å². The second-order valence-electron chi connectivity index (χ2n) is 3.01. The molecule has 1 saturated heterocycles. The van der Waals surface area contributed by atoms with Crippen LogP contribution < -0.4 is 0 Å². The molecule has 0 radical (unpaired) electrons. The zero-order valence-corrected chi connectivity index (χ0v) is 7.17. The molecule has 1 fully saturated rings. The molecule has 0 spiro atoms. The molecule has 2 unspecified atom stereocenters. The van der Waals surface area contributed by atoms with Gasteiger partial charge in [-0.25, -0.2) is 0 Å². The van der Waals surface area contributed by atoms with Crippen molar-refractivity contribution in [3.63, 3.8) is 0 Å². The van der Waals surface area contributed by atoms with Gasteiger partial charge in [0.05, 0.1) is 0 Å². The average Bonchev–Trinajstić information content (AvgIpc) is 2.69. The summed E-state index contributed by atoms with van der Waals surface area (Å²) in [5.41, 5.74) is 1.37. The molecular formula is C9H10ClN. The van der Waals surface area contributed by atoms with Crippen LogP contribution in [-0.2, 0) is 0 Å². The van der Waals surface area contributed by atoms with Gasteiger partial charge in [0.25, 0.3) is 0 Å². The highest BCUT2D eigenvalue weighted by Gasteiger charge is 2.30. The fraction of sp³-hybridized carbons (Fsp3) is 0.333. The van der Waals surface area contributed by atoms with E-state index in [4.69, 9.17) is 11.6 Å². The number of hydrogen-bond donors (Lipinski definition) is 0. The molecule has 0 amide bonds. The molecule has 58 valence electrons. The first-order chi connectivity index (χ1) is 5.27. The molecule has 0 saturated carbocycles. The van der Waals surface area contributed by atoms with E-state index >= 15 is 0 Å². The van der Waals surface area contributed by atoms with Crippen LogP contribution in [0.15, 0.2) is 24.3 Å². The Morgan fingerprint density at radius 1 is 1.36 bits per heavy atom. The number of nitrogens with zero attached hydrogens (tertiary/aromatic N) is 1. The molecule has 1 aromatic carbocycles. The van der Waals surface area contributed by atoms with Crippen molar-refractivity contribution in [3.05, 3.63) is 34.9 Å². The normalized spacial score (nSPS) is 28.5. The average molecular weight is 168 g/mol. The number of likely N-dealkylation sites (N-methyl/N-ethyl adjacent to an activating group) is 1. The third-order valence-corrected chi connectivity index (χ3v) is 2.37. The summed E-state index contributed by atoms with van der Waals surface area (Å²) >= 11 is 5.76. The molecule has 1 heterocycles. The lowest BCUT2D eigenvalue weighted by Gasteiger charge is -1.97. The molecule has 1 aromatic rings. The predicted octanol–water partition coefficient (Wildman–Crippen LogP) is 2.33. The molecule has 2 heteroatoms. The SMILES string of the molecule is CN1CC1c1ccc(Cl)cc1. The molecule has 1 aliphatic rings. The van der Waals surface area contributed by atoms with Crippen molar-refractivity contribution >= 4 is 11.6 Å². The smallest absolute Gasteiger partial charge is 0.0473 e. The number of rotatable bonds is 1. The van der Waals surface area contributed by atoms with Crippen LogP contribution in [0.5, 0.6) is 0 Å². The zero-order valence-electron chi connectivity index (χ0n) is 6.42. The van der Waals surface area contributed by atoms with Gasteiger partial charge in [0, 0.05) is 17.6 Å². The second kappa shape index (κ2) is 2.50. The molecule has 2 atom stereocenters. The maximum absolute atomic E-state index is 5.76. The summed E-state index contributed by atoms with van der Waals surface area (Å²) in [5.74, 6) is 0. The number of hydrogen-bond acceptors (Lipinski definition) is 1. The predicted molar refractivity (Wildman–Crippen MR) is 46.8 cm³/mol. The van der Waals surface area contributed by atoms with Crippen LogP contribution in [0.2, 0.25) is 5.02 Å². The van der Waals surface area contributed by atoms with E-state index in [1.807, 2.05) is 12.1 Å². The summed E-state index contributed by atoms with van der Waals surface area (Å²) in [7, 11) is 2.12. The van der Waals surface area contributed by atoms with E-state index in [1.54, 1.807) is 0 Å². The van der Waals surface area contributed by atoms with Crippen molar-refractivity contribution in [1.29, 1.82) is 0 Å². The Bertz CT molecular complexity index is 255. The van der Waals surface area contributed by atoms with E-state index in [0.29, 0.717) is 6.04 Å². The first-order valence-electron chi connectivity index (χ1n) is 3.73. The molecule has 2 rings (SSSR count). The van der Waals surface area contributed by atoms with Crippen LogP contribution in [0, 0.1) is 0 Å². The Morgan fingerprint density at radius 2 is 1.91 bits per heavy atom. The minimum absolute atomic E-state index is 0.646. The van der Waals surface area contributed by atoms with Crippen molar-refractivity contribution in [3.8, 4) is 0 Å². The van der Waals surface area contributed by atoms with Gasteiger partial charge in [0.15, 0.2) is 0 Å². The van der Waals surface area contributed by atoms with Gasteiger partial charge in [-0.05, 0) is 24.7 Å². The molecule has 0 aromatic heterocycles. The maximum Gasteiger partial charge on any atom is 0.0473 e. The highest BCUT2D eigenvalue weighted by molar-refractivity contribution is 6.30. The molecule has 1 nitrogen and oxygen atoms in total. The lowest BCUT2D eigenvalue weighted by atomic mass is 10.2. The number of halogens is 1. The summed E-state index contributed by atoms with van der Waals surface area (Å²) < 4.78 is 0. The van der Waals surface area contributed by atoms with Crippen LogP contribution in [0.4, 0.5) is 0 Å². The minimum atomic E-state index is 0.646. The summed E-state index contributed by atoms with van der Waals surface area (Å²) in [4.78, 5) is 2.29. The van der Waals surface area contributed by atoms with Crippen molar-refractivity contribution in [2.75, 3.05) is 13.6 Å². The Balaban J connectivity index is 2.21. The summed E-state index contributed by atoms with van der Waals surface area (Å²) in [6.07, 6.45) is 0. The van der Waals surface area contributed by atoms with Crippen LogP contribution in [-0.4, -0.2) is 18.5 Å². The van der Waals surface area contributed by atoms with E-state index in [2.05, 4.69) is 24.1 Å². The maximum atomic E-state index is 5.76. The second-order valence-corrected chi connectivity index (χ2v) is 3.44. The van der Waals surface area contributed by atoms with Gasteiger partial charge in [0.2, 0.25) is 0 Å². The summed E-state index contributed by atoms with van der Waals surface area (Å²) in [5, 5.41) is 0.817. The molecular weight excluding hydrogens is 158 g/mol. The fourth-order valence-electron chi connectivity index (χ4n) is 1.27. The number of benzene rings is 1. The van der Waals surface area contributed by atoms with Crippen LogP contribution >= 0.6 is 11.6 Å². The van der Waals surface area contributed by atoms with E-state index in [9.17, 15) is 0 Å². The largest absolute Gasteiger partial charge is 0.296 e. The van der Waals surface area contributed by atoms with Gasteiger partial charge in [-0.3, -0.25) is 4.90 Å². The quantitative estimate of drug-likeness (QED) is 0.581. The Morgan fingerprint density at radius 3 is 2.36 bits per heavy atom. The summed E-state index contributed by atoms with van der Waals surface area (Å²) in [6.45, 7) is 1.18. The monoisotopic (exact) mass is 167 g/mol. The third-order valence-electron chi connectivity index (χ3n) is 2.11. The Kier molecular flexibility index (Phi) is 1.63. The topological polar surface area (TPSA) is 3.01 Å². The first-order valence-corrected chi connectivity index (χ1v) is 4.11. The molecule has 11 heavy (non-hydrogen) atoms. The lowest BCUT2D eigenvalue weighted by molar-refractivity contribution is 0.631. The Labute approximate surface area is 71.6 Å². The van der Waals surface area contributed by atoms with Gasteiger partial charge in [0.1, 0.15) is 0 Å². The van der Waals surface area contributed by atoms with Crippen molar-refractivity contribution < 1.29 is 0 Å². The molecule has 0 aliphatic carbocycles.